The monoisotopic (exact) mass is 390 g/mol. The fraction of sp³-hybridized carbons (Fsp3) is 0.318. The smallest absolute Gasteiger partial charge is 0.275 e. The summed E-state index contributed by atoms with van der Waals surface area (Å²) in [4.78, 5) is 29.6. The average molecular weight is 390 g/mol. The first-order valence-corrected chi connectivity index (χ1v) is 9.88. The number of nitrogens with zero attached hydrogens (tertiary/aromatic N) is 4. The van der Waals surface area contributed by atoms with Gasteiger partial charge in [0.2, 0.25) is 0 Å². The molecule has 0 N–H and O–H groups in total. The molecule has 0 radical (unpaired) electrons. The number of carbonyl (C=O) groups is 1. The van der Waals surface area contributed by atoms with Crippen LogP contribution in [0.3, 0.4) is 0 Å². The van der Waals surface area contributed by atoms with Crippen LogP contribution in [0.2, 0.25) is 0 Å². The summed E-state index contributed by atoms with van der Waals surface area (Å²) in [7, 11) is 1.58. The lowest BCUT2D eigenvalue weighted by molar-refractivity contribution is 0.0740. The van der Waals surface area contributed by atoms with Gasteiger partial charge in [-0.3, -0.25) is 9.59 Å². The zero-order valence-electron chi connectivity index (χ0n) is 16.3. The lowest BCUT2D eigenvalue weighted by atomic mass is 10.1. The first kappa shape index (κ1) is 17.7. The van der Waals surface area contributed by atoms with Crippen molar-refractivity contribution in [2.75, 3.05) is 37.7 Å². The highest BCUT2D eigenvalue weighted by molar-refractivity contribution is 6.04. The van der Waals surface area contributed by atoms with Gasteiger partial charge in [-0.25, -0.2) is 4.68 Å². The van der Waals surface area contributed by atoms with Gasteiger partial charge >= 0.3 is 0 Å². The predicted molar refractivity (Wildman–Crippen MR) is 111 cm³/mol. The third kappa shape index (κ3) is 2.93. The Kier molecular flexibility index (Phi) is 4.23. The van der Waals surface area contributed by atoms with E-state index in [1.165, 1.54) is 10.2 Å². The van der Waals surface area contributed by atoms with Crippen LogP contribution in [0.4, 0.5) is 5.69 Å². The molecule has 7 nitrogen and oxygen atoms in total. The van der Waals surface area contributed by atoms with Gasteiger partial charge in [0, 0.05) is 45.0 Å². The molecule has 29 heavy (non-hydrogen) atoms. The quantitative estimate of drug-likeness (QED) is 0.668. The Morgan fingerprint density at radius 3 is 2.55 bits per heavy atom. The number of anilines is 1. The molecule has 2 aliphatic heterocycles. The summed E-state index contributed by atoms with van der Waals surface area (Å²) in [5.74, 6) is 0.851. The highest BCUT2D eigenvalue weighted by Gasteiger charge is 2.28. The van der Waals surface area contributed by atoms with Crippen molar-refractivity contribution < 1.29 is 9.53 Å². The molecule has 0 saturated carbocycles. The van der Waals surface area contributed by atoms with E-state index in [2.05, 4.69) is 28.2 Å². The number of aryl methyl sites for hydroxylation is 1. The van der Waals surface area contributed by atoms with Gasteiger partial charge in [0.1, 0.15) is 5.75 Å². The first-order valence-electron chi connectivity index (χ1n) is 9.88. The fourth-order valence-corrected chi connectivity index (χ4v) is 4.20. The SMILES string of the molecule is Cn1nc(C(=O)N2CCN(c3cccc4c3OCC4)CC2)c2ccccc2c1=O. The fourth-order valence-electron chi connectivity index (χ4n) is 4.20. The summed E-state index contributed by atoms with van der Waals surface area (Å²) < 4.78 is 7.08. The predicted octanol–water partition coefficient (Wildman–Crippen LogP) is 1.83. The Morgan fingerprint density at radius 1 is 1.00 bits per heavy atom. The number of piperazine rings is 1. The topological polar surface area (TPSA) is 67.7 Å². The van der Waals surface area contributed by atoms with E-state index >= 15 is 0 Å². The standard InChI is InChI=1S/C22H22N4O3/c1-24-21(27)17-7-3-2-6-16(17)19(23-24)22(28)26-12-10-25(11-13-26)18-8-4-5-15-9-14-29-20(15)18/h2-8H,9-14H2,1H3. The van der Waals surface area contributed by atoms with Crippen LogP contribution in [0.15, 0.2) is 47.3 Å². The van der Waals surface area contributed by atoms with Crippen LogP contribution in [0.1, 0.15) is 16.1 Å². The largest absolute Gasteiger partial charge is 0.491 e. The van der Waals surface area contributed by atoms with Crippen LogP contribution in [-0.4, -0.2) is 53.4 Å². The van der Waals surface area contributed by atoms with Crippen LogP contribution in [-0.2, 0) is 13.5 Å². The second-order valence-corrected chi connectivity index (χ2v) is 7.47. The first-order chi connectivity index (χ1) is 14.1. The van der Waals surface area contributed by atoms with Crippen LogP contribution in [0, 0.1) is 0 Å². The summed E-state index contributed by atoms with van der Waals surface area (Å²) >= 11 is 0. The molecule has 1 fully saturated rings. The third-order valence-electron chi connectivity index (χ3n) is 5.76. The van der Waals surface area contributed by atoms with Crippen molar-refractivity contribution in [3.8, 4) is 5.75 Å². The zero-order chi connectivity index (χ0) is 20.0. The minimum atomic E-state index is -0.195. The Bertz CT molecular complexity index is 1160. The maximum absolute atomic E-state index is 13.2. The number of hydrogen-bond acceptors (Lipinski definition) is 5. The van der Waals surface area contributed by atoms with Crippen molar-refractivity contribution >= 4 is 22.4 Å². The number of hydrogen-bond donors (Lipinski definition) is 0. The van der Waals surface area contributed by atoms with Crippen molar-refractivity contribution in [3.63, 3.8) is 0 Å². The number of carbonyl (C=O) groups excluding carboxylic acids is 1. The van der Waals surface area contributed by atoms with Gasteiger partial charge < -0.3 is 14.5 Å². The molecule has 0 atom stereocenters. The van der Waals surface area contributed by atoms with E-state index in [-0.39, 0.29) is 11.5 Å². The summed E-state index contributed by atoms with van der Waals surface area (Å²) in [6.07, 6.45) is 0.951. The Labute approximate surface area is 168 Å². The second kappa shape index (κ2) is 6.92. The van der Waals surface area contributed by atoms with Crippen LogP contribution < -0.4 is 15.2 Å². The number of para-hydroxylation sites is 1. The lowest BCUT2D eigenvalue weighted by Gasteiger charge is -2.36. The molecular weight excluding hydrogens is 368 g/mol. The maximum Gasteiger partial charge on any atom is 0.275 e. The van der Waals surface area contributed by atoms with Gasteiger partial charge in [0.05, 0.1) is 17.7 Å². The van der Waals surface area contributed by atoms with Gasteiger partial charge in [-0.2, -0.15) is 5.10 Å². The van der Waals surface area contributed by atoms with Crippen molar-refractivity contribution in [1.82, 2.24) is 14.7 Å². The molecule has 1 aromatic heterocycles. The normalized spacial score (nSPS) is 16.0. The van der Waals surface area contributed by atoms with Crippen LogP contribution >= 0.6 is 0 Å². The highest BCUT2D eigenvalue weighted by Crippen LogP contribution is 2.36. The molecular formula is C22H22N4O3. The molecule has 0 unspecified atom stereocenters. The van der Waals surface area contributed by atoms with E-state index in [1.54, 1.807) is 25.2 Å². The van der Waals surface area contributed by atoms with Gasteiger partial charge in [-0.1, -0.05) is 30.3 Å². The van der Waals surface area contributed by atoms with E-state index in [1.807, 2.05) is 11.0 Å². The number of benzene rings is 2. The summed E-state index contributed by atoms with van der Waals surface area (Å²) in [6.45, 7) is 3.39. The summed E-state index contributed by atoms with van der Waals surface area (Å²) in [6, 6.07) is 13.4. The Balaban J connectivity index is 1.39. The van der Waals surface area contributed by atoms with Gasteiger partial charge in [0.25, 0.3) is 11.5 Å². The molecule has 3 aromatic rings. The van der Waals surface area contributed by atoms with E-state index < -0.39 is 0 Å². The number of rotatable bonds is 2. The van der Waals surface area contributed by atoms with E-state index in [0.717, 1.165) is 37.6 Å². The molecule has 2 aliphatic rings. The Hall–Kier alpha value is -3.35. The average Bonchev–Trinajstić information content (AvgIpc) is 3.25. The molecule has 0 aliphatic carbocycles. The molecule has 5 rings (SSSR count). The zero-order valence-corrected chi connectivity index (χ0v) is 16.3. The van der Waals surface area contributed by atoms with E-state index in [9.17, 15) is 9.59 Å². The van der Waals surface area contributed by atoms with E-state index in [4.69, 9.17) is 4.74 Å². The second-order valence-electron chi connectivity index (χ2n) is 7.47. The minimum Gasteiger partial charge on any atom is -0.491 e. The van der Waals surface area contributed by atoms with Crippen LogP contribution in [0.5, 0.6) is 5.75 Å². The molecule has 0 spiro atoms. The third-order valence-corrected chi connectivity index (χ3v) is 5.76. The maximum atomic E-state index is 13.2. The van der Waals surface area contributed by atoms with Crippen molar-refractivity contribution in [2.45, 2.75) is 6.42 Å². The summed E-state index contributed by atoms with van der Waals surface area (Å²) in [5, 5.41) is 5.41. The number of fused-ring (bicyclic) bond motifs is 2. The molecule has 0 bridgehead atoms. The van der Waals surface area contributed by atoms with Gasteiger partial charge in [0.15, 0.2) is 5.69 Å². The van der Waals surface area contributed by atoms with Crippen LogP contribution in [0.25, 0.3) is 10.8 Å². The molecule has 3 heterocycles. The number of aromatic nitrogens is 2. The number of ether oxygens (including phenoxy) is 1. The molecule has 2 aromatic carbocycles. The van der Waals surface area contributed by atoms with E-state index in [0.29, 0.717) is 29.6 Å². The Morgan fingerprint density at radius 2 is 1.76 bits per heavy atom. The van der Waals surface area contributed by atoms with Gasteiger partial charge in [-0.15, -0.1) is 0 Å². The molecule has 7 heteroatoms. The molecule has 1 saturated heterocycles. The number of amides is 1. The van der Waals surface area contributed by atoms with Crippen molar-refractivity contribution in [2.24, 2.45) is 7.05 Å². The highest BCUT2D eigenvalue weighted by atomic mass is 16.5. The lowest BCUT2D eigenvalue weighted by Crippen LogP contribution is -2.49. The molecule has 148 valence electrons. The van der Waals surface area contributed by atoms with Crippen molar-refractivity contribution in [3.05, 3.63) is 64.1 Å². The molecule has 1 amide bonds. The van der Waals surface area contributed by atoms with Crippen molar-refractivity contribution in [1.29, 1.82) is 0 Å². The summed E-state index contributed by atoms with van der Waals surface area (Å²) in [5.41, 5.74) is 2.50. The minimum absolute atomic E-state index is 0.133. The van der Waals surface area contributed by atoms with Gasteiger partial charge in [-0.05, 0) is 17.7 Å².